The van der Waals surface area contributed by atoms with Gasteiger partial charge in [-0.3, -0.25) is 4.90 Å². The van der Waals surface area contributed by atoms with Crippen LogP contribution in [0.2, 0.25) is 0 Å². The van der Waals surface area contributed by atoms with Crippen molar-refractivity contribution in [3.8, 4) is 0 Å². The third-order valence-corrected chi connectivity index (χ3v) is 4.22. The number of nitrogens with one attached hydrogen (secondary N) is 1. The Hall–Kier alpha value is -0.120. The second kappa shape index (κ2) is 8.13. The molecule has 1 saturated carbocycles. The fraction of sp³-hybridized carbons (Fsp3) is 1.00. The molecule has 1 atom stereocenters. The minimum atomic E-state index is 0.292. The van der Waals surface area contributed by atoms with Gasteiger partial charge in [0.1, 0.15) is 0 Å². The molecule has 2 N–H and O–H groups in total. The Kier molecular flexibility index (Phi) is 7.20. The van der Waals surface area contributed by atoms with Gasteiger partial charge >= 0.3 is 0 Å². The van der Waals surface area contributed by atoms with E-state index in [9.17, 15) is 5.11 Å². The molecule has 108 valence electrons. The van der Waals surface area contributed by atoms with E-state index < -0.39 is 0 Å². The maximum Gasteiger partial charge on any atom is 0.0558 e. The van der Waals surface area contributed by atoms with Gasteiger partial charge in [-0.25, -0.2) is 0 Å². The molecule has 0 heterocycles. The number of rotatable bonds is 10. The van der Waals surface area contributed by atoms with Crippen molar-refractivity contribution in [2.45, 2.75) is 58.9 Å². The molecule has 3 nitrogen and oxygen atoms in total. The average molecular weight is 256 g/mol. The van der Waals surface area contributed by atoms with Crippen molar-refractivity contribution >= 4 is 0 Å². The lowest BCUT2D eigenvalue weighted by Gasteiger charge is -2.43. The minimum absolute atomic E-state index is 0.292. The van der Waals surface area contributed by atoms with Gasteiger partial charge in [0.2, 0.25) is 0 Å². The second-order valence-corrected chi connectivity index (χ2v) is 6.12. The molecule has 18 heavy (non-hydrogen) atoms. The van der Waals surface area contributed by atoms with Crippen molar-refractivity contribution in [1.29, 1.82) is 0 Å². The van der Waals surface area contributed by atoms with Crippen LogP contribution in [0, 0.1) is 5.41 Å². The van der Waals surface area contributed by atoms with Crippen molar-refractivity contribution < 1.29 is 5.11 Å². The summed E-state index contributed by atoms with van der Waals surface area (Å²) in [5.74, 6) is 0. The van der Waals surface area contributed by atoms with Crippen molar-refractivity contribution in [1.82, 2.24) is 10.2 Å². The molecule has 1 unspecified atom stereocenters. The van der Waals surface area contributed by atoms with Crippen LogP contribution in [0.5, 0.6) is 0 Å². The Morgan fingerprint density at radius 2 is 2.06 bits per heavy atom. The van der Waals surface area contributed by atoms with Crippen LogP contribution in [0.15, 0.2) is 0 Å². The Labute approximate surface area is 113 Å². The van der Waals surface area contributed by atoms with E-state index >= 15 is 0 Å². The Morgan fingerprint density at radius 3 is 2.50 bits per heavy atom. The first-order valence-electron chi connectivity index (χ1n) is 7.71. The van der Waals surface area contributed by atoms with Crippen LogP contribution < -0.4 is 5.32 Å². The van der Waals surface area contributed by atoms with Gasteiger partial charge in [-0.15, -0.1) is 0 Å². The molecule has 0 aromatic heterocycles. The van der Waals surface area contributed by atoms with E-state index in [1.807, 2.05) is 0 Å². The highest BCUT2D eigenvalue weighted by Crippen LogP contribution is 2.30. The largest absolute Gasteiger partial charge is 0.395 e. The first kappa shape index (κ1) is 15.9. The van der Waals surface area contributed by atoms with Crippen molar-refractivity contribution in [2.24, 2.45) is 5.41 Å². The lowest BCUT2D eigenvalue weighted by molar-refractivity contribution is 0.0548. The summed E-state index contributed by atoms with van der Waals surface area (Å²) in [7, 11) is 0. The molecule has 1 aliphatic carbocycles. The SMILES string of the molecule is CCCC(C)(CNCC)CN(CCO)C1CCC1. The zero-order valence-corrected chi connectivity index (χ0v) is 12.5. The van der Waals surface area contributed by atoms with E-state index in [0.717, 1.165) is 32.2 Å². The molecule has 1 fully saturated rings. The van der Waals surface area contributed by atoms with Gasteiger partial charge in [0, 0.05) is 25.7 Å². The fourth-order valence-corrected chi connectivity index (χ4v) is 3.02. The molecule has 0 aromatic carbocycles. The molecular weight excluding hydrogens is 224 g/mol. The highest BCUT2D eigenvalue weighted by molar-refractivity contribution is 4.86. The third-order valence-electron chi connectivity index (χ3n) is 4.22. The fourth-order valence-electron chi connectivity index (χ4n) is 3.02. The molecule has 3 heteroatoms. The van der Waals surface area contributed by atoms with Crippen molar-refractivity contribution in [2.75, 3.05) is 32.8 Å². The Bertz CT molecular complexity index is 219. The maximum atomic E-state index is 9.25. The smallest absolute Gasteiger partial charge is 0.0558 e. The number of nitrogens with zero attached hydrogens (tertiary/aromatic N) is 1. The topological polar surface area (TPSA) is 35.5 Å². The molecule has 0 saturated heterocycles. The normalized spacial score (nSPS) is 19.8. The molecule has 1 rings (SSSR count). The third kappa shape index (κ3) is 4.87. The van der Waals surface area contributed by atoms with E-state index in [2.05, 4.69) is 31.0 Å². The van der Waals surface area contributed by atoms with Crippen LogP contribution in [-0.2, 0) is 0 Å². The lowest BCUT2D eigenvalue weighted by atomic mass is 9.82. The highest BCUT2D eigenvalue weighted by Gasteiger charge is 2.31. The van der Waals surface area contributed by atoms with Gasteiger partial charge in [0.25, 0.3) is 0 Å². The molecule has 0 aliphatic heterocycles. The van der Waals surface area contributed by atoms with Gasteiger partial charge in [0.15, 0.2) is 0 Å². The standard InChI is InChI=1S/C15H32N2O/c1-4-9-15(3,12-16-5-2)13-17(10-11-18)14-7-6-8-14/h14,16,18H,4-13H2,1-3H3. The Morgan fingerprint density at radius 1 is 1.33 bits per heavy atom. The van der Waals surface area contributed by atoms with Crippen LogP contribution >= 0.6 is 0 Å². The summed E-state index contributed by atoms with van der Waals surface area (Å²) in [6, 6.07) is 0.731. The van der Waals surface area contributed by atoms with Crippen LogP contribution in [0.3, 0.4) is 0 Å². The molecule has 0 radical (unpaired) electrons. The zero-order valence-electron chi connectivity index (χ0n) is 12.5. The number of hydrogen-bond acceptors (Lipinski definition) is 3. The first-order chi connectivity index (χ1) is 8.65. The molecule has 0 amide bonds. The quantitative estimate of drug-likeness (QED) is 0.629. The van der Waals surface area contributed by atoms with E-state index in [1.165, 1.54) is 32.1 Å². The average Bonchev–Trinajstić information content (AvgIpc) is 2.25. The predicted molar refractivity (Wildman–Crippen MR) is 77.9 cm³/mol. The number of aliphatic hydroxyl groups is 1. The monoisotopic (exact) mass is 256 g/mol. The summed E-state index contributed by atoms with van der Waals surface area (Å²) < 4.78 is 0. The van der Waals surface area contributed by atoms with Crippen LogP contribution in [-0.4, -0.2) is 48.8 Å². The van der Waals surface area contributed by atoms with Gasteiger partial charge in [-0.05, 0) is 31.2 Å². The maximum absolute atomic E-state index is 9.25. The van der Waals surface area contributed by atoms with Crippen molar-refractivity contribution in [3.63, 3.8) is 0 Å². The molecule has 0 aromatic rings. The Balaban J connectivity index is 2.53. The van der Waals surface area contributed by atoms with Gasteiger partial charge in [0.05, 0.1) is 6.61 Å². The molecule has 0 bridgehead atoms. The van der Waals surface area contributed by atoms with Crippen molar-refractivity contribution in [3.05, 3.63) is 0 Å². The van der Waals surface area contributed by atoms with Gasteiger partial charge < -0.3 is 10.4 Å². The summed E-state index contributed by atoms with van der Waals surface area (Å²) >= 11 is 0. The summed E-state index contributed by atoms with van der Waals surface area (Å²) in [6.45, 7) is 11.2. The first-order valence-corrected chi connectivity index (χ1v) is 7.71. The van der Waals surface area contributed by atoms with E-state index in [4.69, 9.17) is 0 Å². The number of aliphatic hydroxyl groups excluding tert-OH is 1. The molecule has 0 spiro atoms. The summed E-state index contributed by atoms with van der Waals surface area (Å²) in [4.78, 5) is 2.52. The zero-order chi connectivity index (χ0) is 13.4. The van der Waals surface area contributed by atoms with E-state index in [-0.39, 0.29) is 0 Å². The summed E-state index contributed by atoms with van der Waals surface area (Å²) in [5.41, 5.74) is 0.343. The summed E-state index contributed by atoms with van der Waals surface area (Å²) in [5, 5.41) is 12.8. The summed E-state index contributed by atoms with van der Waals surface area (Å²) in [6.07, 6.45) is 6.51. The molecular formula is C15H32N2O. The van der Waals surface area contributed by atoms with Crippen LogP contribution in [0.25, 0.3) is 0 Å². The van der Waals surface area contributed by atoms with Crippen LogP contribution in [0.4, 0.5) is 0 Å². The molecule has 1 aliphatic rings. The van der Waals surface area contributed by atoms with E-state index in [1.54, 1.807) is 0 Å². The second-order valence-electron chi connectivity index (χ2n) is 6.12. The highest BCUT2D eigenvalue weighted by atomic mass is 16.3. The predicted octanol–water partition coefficient (Wildman–Crippen LogP) is 2.25. The van der Waals surface area contributed by atoms with Gasteiger partial charge in [-0.2, -0.15) is 0 Å². The number of hydrogen-bond donors (Lipinski definition) is 2. The van der Waals surface area contributed by atoms with Gasteiger partial charge in [-0.1, -0.05) is 33.6 Å². The minimum Gasteiger partial charge on any atom is -0.395 e. The van der Waals surface area contributed by atoms with Crippen LogP contribution in [0.1, 0.15) is 52.9 Å². The van der Waals surface area contributed by atoms with E-state index in [0.29, 0.717) is 12.0 Å². The lowest BCUT2D eigenvalue weighted by Crippen LogP contribution is -2.49.